The van der Waals surface area contributed by atoms with Crippen molar-refractivity contribution >= 4 is 11.9 Å². The van der Waals surface area contributed by atoms with Gasteiger partial charge in [0.05, 0.1) is 0 Å². The highest BCUT2D eigenvalue weighted by molar-refractivity contribution is 5.94. The molecule has 0 atom stereocenters. The Morgan fingerprint density at radius 2 is 1.79 bits per heavy atom. The largest absolute Gasteiger partial charge is 0.490 e. The van der Waals surface area contributed by atoms with E-state index in [1.54, 1.807) is 6.07 Å². The molecule has 0 aliphatic rings. The maximum absolute atomic E-state index is 11.0. The topological polar surface area (TPSA) is 80.4 Å². The van der Waals surface area contributed by atoms with E-state index in [1.807, 2.05) is 26.0 Å². The predicted octanol–water partition coefficient (Wildman–Crippen LogP) is 2.29. The van der Waals surface area contributed by atoms with Gasteiger partial charge in [0.1, 0.15) is 0 Å². The fraction of sp³-hybridized carbons (Fsp3) is 0.333. The van der Waals surface area contributed by atoms with Crippen LogP contribution in [-0.4, -0.2) is 23.2 Å². The number of rotatable bonds is 2. The van der Waals surface area contributed by atoms with Crippen LogP contribution in [-0.2, 0) is 11.2 Å². The van der Waals surface area contributed by atoms with Crippen LogP contribution < -0.4 is 5.73 Å². The van der Waals surface area contributed by atoms with Gasteiger partial charge in [-0.15, -0.1) is 0 Å². The third-order valence-electron chi connectivity index (χ3n) is 2.27. The summed E-state index contributed by atoms with van der Waals surface area (Å²) in [4.78, 5) is 19.9. The van der Waals surface area contributed by atoms with Gasteiger partial charge in [0, 0.05) is 5.56 Å². The van der Waals surface area contributed by atoms with E-state index in [9.17, 15) is 18.0 Å². The van der Waals surface area contributed by atoms with E-state index in [1.165, 1.54) is 0 Å². The van der Waals surface area contributed by atoms with E-state index >= 15 is 0 Å². The van der Waals surface area contributed by atoms with Crippen LogP contribution in [0, 0.1) is 6.92 Å². The first-order valence-electron chi connectivity index (χ1n) is 5.29. The quantitative estimate of drug-likeness (QED) is 0.870. The smallest absolute Gasteiger partial charge is 0.475 e. The molecule has 1 rings (SSSR count). The van der Waals surface area contributed by atoms with Crippen molar-refractivity contribution in [2.75, 3.05) is 0 Å². The Bertz CT molecular complexity index is 470. The number of primary amides is 1. The lowest BCUT2D eigenvalue weighted by atomic mass is 9.99. The first-order chi connectivity index (χ1) is 8.61. The Labute approximate surface area is 108 Å². The van der Waals surface area contributed by atoms with Gasteiger partial charge < -0.3 is 10.8 Å². The molecule has 0 aliphatic heterocycles. The summed E-state index contributed by atoms with van der Waals surface area (Å²) in [5.74, 6) is -3.09. The monoisotopic (exact) mass is 277 g/mol. The molecular weight excluding hydrogens is 263 g/mol. The van der Waals surface area contributed by atoms with E-state index in [2.05, 4.69) is 0 Å². The van der Waals surface area contributed by atoms with Crippen LogP contribution >= 0.6 is 0 Å². The maximum atomic E-state index is 11.0. The first-order valence-corrected chi connectivity index (χ1v) is 5.29. The molecule has 0 saturated heterocycles. The minimum atomic E-state index is -5.08. The Balaban J connectivity index is 0.000000399. The lowest BCUT2D eigenvalue weighted by Gasteiger charge is -2.06. The standard InChI is InChI=1S/C10H13NO.C2HF3O2/c1-3-8-7(2)5-4-6-9(8)10(11)12;3-2(4,5)1(6)7/h4-6H,3H2,1-2H3,(H2,11,12);(H,6,7). The van der Waals surface area contributed by atoms with Crippen LogP contribution in [0.15, 0.2) is 18.2 Å². The lowest BCUT2D eigenvalue weighted by molar-refractivity contribution is -0.192. The molecule has 0 spiro atoms. The molecule has 0 unspecified atom stereocenters. The number of benzene rings is 1. The van der Waals surface area contributed by atoms with E-state index in [0.717, 1.165) is 17.5 Å². The number of carboxylic acids is 1. The van der Waals surface area contributed by atoms with Crippen LogP contribution in [0.2, 0.25) is 0 Å². The number of halogens is 3. The highest BCUT2D eigenvalue weighted by atomic mass is 19.4. The number of aryl methyl sites for hydroxylation is 1. The van der Waals surface area contributed by atoms with E-state index < -0.39 is 12.1 Å². The van der Waals surface area contributed by atoms with Crippen molar-refractivity contribution in [2.45, 2.75) is 26.4 Å². The second kappa shape index (κ2) is 6.77. The number of nitrogens with two attached hydrogens (primary N) is 1. The molecule has 0 saturated carbocycles. The number of carboxylic acid groups (broad SMARTS) is 1. The molecule has 0 bridgehead atoms. The number of alkyl halides is 3. The summed E-state index contributed by atoms with van der Waals surface area (Å²) in [5, 5.41) is 7.12. The average Bonchev–Trinajstić information content (AvgIpc) is 2.28. The van der Waals surface area contributed by atoms with Gasteiger partial charge in [0.25, 0.3) is 0 Å². The van der Waals surface area contributed by atoms with Crippen LogP contribution in [0.3, 0.4) is 0 Å². The van der Waals surface area contributed by atoms with Gasteiger partial charge in [0.2, 0.25) is 5.91 Å². The van der Waals surface area contributed by atoms with Gasteiger partial charge in [-0.25, -0.2) is 4.79 Å². The number of carbonyl (C=O) groups excluding carboxylic acids is 1. The predicted molar refractivity (Wildman–Crippen MR) is 62.8 cm³/mol. The Hall–Kier alpha value is -2.05. The van der Waals surface area contributed by atoms with E-state index in [4.69, 9.17) is 15.6 Å². The molecule has 0 heterocycles. The van der Waals surface area contributed by atoms with Gasteiger partial charge in [-0.2, -0.15) is 13.2 Å². The van der Waals surface area contributed by atoms with E-state index in [0.29, 0.717) is 5.56 Å². The molecule has 3 N–H and O–H groups in total. The Morgan fingerprint density at radius 3 is 2.05 bits per heavy atom. The summed E-state index contributed by atoms with van der Waals surface area (Å²) >= 11 is 0. The SMILES string of the molecule is CCc1c(C)cccc1C(N)=O.O=C(O)C(F)(F)F. The molecule has 1 amide bonds. The van der Waals surface area contributed by atoms with Crippen molar-refractivity contribution in [3.05, 3.63) is 34.9 Å². The fourth-order valence-electron chi connectivity index (χ4n) is 1.40. The molecule has 0 radical (unpaired) electrons. The molecule has 1 aromatic rings. The Kier molecular flexibility index (Phi) is 6.04. The van der Waals surface area contributed by atoms with Gasteiger partial charge >= 0.3 is 12.1 Å². The summed E-state index contributed by atoms with van der Waals surface area (Å²) in [5.41, 5.74) is 8.06. The molecular formula is C12H14F3NO3. The van der Waals surface area contributed by atoms with Crippen molar-refractivity contribution in [3.8, 4) is 0 Å². The molecule has 7 heteroatoms. The molecule has 0 aromatic heterocycles. The number of aliphatic carboxylic acids is 1. The fourth-order valence-corrected chi connectivity index (χ4v) is 1.40. The lowest BCUT2D eigenvalue weighted by Crippen LogP contribution is -2.21. The highest BCUT2D eigenvalue weighted by Crippen LogP contribution is 2.14. The summed E-state index contributed by atoms with van der Waals surface area (Å²) in [6.45, 7) is 4.01. The van der Waals surface area contributed by atoms with Crippen molar-refractivity contribution in [1.82, 2.24) is 0 Å². The number of carbonyl (C=O) groups is 2. The van der Waals surface area contributed by atoms with Crippen molar-refractivity contribution in [3.63, 3.8) is 0 Å². The second-order valence-corrected chi connectivity index (χ2v) is 3.62. The molecule has 4 nitrogen and oxygen atoms in total. The van der Waals surface area contributed by atoms with Gasteiger partial charge in [0.15, 0.2) is 0 Å². The third kappa shape index (κ3) is 5.41. The number of hydrogen-bond donors (Lipinski definition) is 2. The van der Waals surface area contributed by atoms with Gasteiger partial charge in [-0.1, -0.05) is 19.1 Å². The van der Waals surface area contributed by atoms with Crippen LogP contribution in [0.5, 0.6) is 0 Å². The average molecular weight is 277 g/mol. The minimum absolute atomic E-state index is 0.337. The summed E-state index contributed by atoms with van der Waals surface area (Å²) in [7, 11) is 0. The van der Waals surface area contributed by atoms with Gasteiger partial charge in [-0.05, 0) is 30.5 Å². The second-order valence-electron chi connectivity index (χ2n) is 3.62. The zero-order valence-corrected chi connectivity index (χ0v) is 10.4. The maximum Gasteiger partial charge on any atom is 0.490 e. The van der Waals surface area contributed by atoms with Crippen molar-refractivity contribution in [2.24, 2.45) is 5.73 Å². The molecule has 106 valence electrons. The van der Waals surface area contributed by atoms with Crippen LogP contribution in [0.4, 0.5) is 13.2 Å². The first kappa shape index (κ1) is 16.9. The van der Waals surface area contributed by atoms with Crippen molar-refractivity contribution < 1.29 is 27.9 Å². The normalized spacial score (nSPS) is 10.4. The summed E-state index contributed by atoms with van der Waals surface area (Å²) in [6.07, 6.45) is -4.23. The highest BCUT2D eigenvalue weighted by Gasteiger charge is 2.38. The molecule has 0 fully saturated rings. The van der Waals surface area contributed by atoms with Crippen molar-refractivity contribution in [1.29, 1.82) is 0 Å². The summed E-state index contributed by atoms with van der Waals surface area (Å²) in [6, 6.07) is 5.62. The summed E-state index contributed by atoms with van der Waals surface area (Å²) < 4.78 is 31.7. The minimum Gasteiger partial charge on any atom is -0.475 e. The Morgan fingerprint density at radius 1 is 1.32 bits per heavy atom. The van der Waals surface area contributed by atoms with Gasteiger partial charge in [-0.3, -0.25) is 4.79 Å². The molecule has 0 aliphatic carbocycles. The van der Waals surface area contributed by atoms with Crippen LogP contribution in [0.1, 0.15) is 28.4 Å². The van der Waals surface area contributed by atoms with E-state index in [-0.39, 0.29) is 5.91 Å². The number of hydrogen-bond acceptors (Lipinski definition) is 2. The zero-order chi connectivity index (χ0) is 15.2. The molecule has 19 heavy (non-hydrogen) atoms. The molecule has 1 aromatic carbocycles. The van der Waals surface area contributed by atoms with Crippen LogP contribution in [0.25, 0.3) is 0 Å². The third-order valence-corrected chi connectivity index (χ3v) is 2.27. The number of amides is 1. The zero-order valence-electron chi connectivity index (χ0n) is 10.4.